The van der Waals surface area contributed by atoms with Gasteiger partial charge in [-0.2, -0.15) is 5.10 Å². The van der Waals surface area contributed by atoms with E-state index in [1.807, 2.05) is 29.9 Å². The Balaban J connectivity index is 1.46. The summed E-state index contributed by atoms with van der Waals surface area (Å²) in [6.07, 6.45) is 5.39. The summed E-state index contributed by atoms with van der Waals surface area (Å²) in [4.78, 5) is 12.0. The van der Waals surface area contributed by atoms with Crippen molar-refractivity contribution >= 4 is 11.6 Å². The highest BCUT2D eigenvalue weighted by atomic mass is 16.5. The lowest BCUT2D eigenvalue weighted by Crippen LogP contribution is -2.21. The van der Waals surface area contributed by atoms with E-state index >= 15 is 0 Å². The summed E-state index contributed by atoms with van der Waals surface area (Å²) in [5.74, 6) is 1.18. The number of nitrogens with one attached hydrogen (secondary N) is 1. The van der Waals surface area contributed by atoms with Crippen molar-refractivity contribution in [1.82, 2.24) is 9.78 Å². The Bertz CT molecular complexity index is 678. The van der Waals surface area contributed by atoms with E-state index in [4.69, 9.17) is 14.2 Å². The Labute approximate surface area is 146 Å². The van der Waals surface area contributed by atoms with E-state index in [0.717, 1.165) is 31.8 Å². The van der Waals surface area contributed by atoms with Crippen molar-refractivity contribution in [3.05, 3.63) is 36.7 Å². The van der Waals surface area contributed by atoms with Gasteiger partial charge in [-0.1, -0.05) is 0 Å². The van der Waals surface area contributed by atoms with Crippen molar-refractivity contribution in [3.63, 3.8) is 0 Å². The highest BCUT2D eigenvalue weighted by Crippen LogP contribution is 2.21. The molecule has 1 aromatic heterocycles. The second-order valence-corrected chi connectivity index (χ2v) is 5.79. The number of hydrogen-bond acceptors (Lipinski definition) is 5. The first-order chi connectivity index (χ1) is 12.2. The van der Waals surface area contributed by atoms with Crippen LogP contribution in [0.2, 0.25) is 0 Å². The highest BCUT2D eigenvalue weighted by Gasteiger charge is 2.17. The number of benzene rings is 1. The summed E-state index contributed by atoms with van der Waals surface area (Å²) < 4.78 is 18.1. The third-order valence-electron chi connectivity index (χ3n) is 3.95. The Morgan fingerprint density at radius 2 is 1.92 bits per heavy atom. The number of carbonyl (C=O) groups excluding carboxylic acids is 1. The van der Waals surface area contributed by atoms with E-state index in [-0.39, 0.29) is 12.5 Å². The molecular formula is C18H23N3O4. The summed E-state index contributed by atoms with van der Waals surface area (Å²) in [5, 5.41) is 7.13. The Morgan fingerprint density at radius 1 is 1.24 bits per heavy atom. The van der Waals surface area contributed by atoms with Crippen LogP contribution in [0.3, 0.4) is 0 Å². The minimum Gasteiger partial charge on any atom is -0.494 e. The number of hydrogen-bond donors (Lipinski definition) is 1. The van der Waals surface area contributed by atoms with Crippen LogP contribution in [-0.2, 0) is 9.53 Å². The third kappa shape index (κ3) is 4.96. The summed E-state index contributed by atoms with van der Waals surface area (Å²) >= 11 is 0. The molecule has 1 N–H and O–H groups in total. The van der Waals surface area contributed by atoms with Crippen LogP contribution in [0.1, 0.15) is 25.8 Å². The van der Waals surface area contributed by atoms with Crippen molar-refractivity contribution < 1.29 is 19.0 Å². The molecule has 1 amide bonds. The van der Waals surface area contributed by atoms with Crippen LogP contribution in [0.25, 0.3) is 0 Å². The van der Waals surface area contributed by atoms with Crippen molar-refractivity contribution in [3.8, 4) is 11.5 Å². The molecular weight excluding hydrogens is 322 g/mol. The second kappa shape index (κ2) is 8.53. The molecule has 0 radical (unpaired) electrons. The van der Waals surface area contributed by atoms with Gasteiger partial charge in [0, 0.05) is 19.4 Å². The van der Waals surface area contributed by atoms with Gasteiger partial charge < -0.3 is 19.5 Å². The molecule has 2 aromatic rings. The van der Waals surface area contributed by atoms with Gasteiger partial charge in [0.15, 0.2) is 6.61 Å². The molecule has 1 aliphatic heterocycles. The van der Waals surface area contributed by atoms with Crippen molar-refractivity contribution in [1.29, 1.82) is 0 Å². The highest BCUT2D eigenvalue weighted by molar-refractivity contribution is 5.91. The lowest BCUT2D eigenvalue weighted by molar-refractivity contribution is -0.118. The number of nitrogens with zero attached hydrogens (tertiary/aromatic N) is 2. The smallest absolute Gasteiger partial charge is 0.262 e. The molecule has 0 aliphatic carbocycles. The zero-order valence-electron chi connectivity index (χ0n) is 14.3. The first-order valence-electron chi connectivity index (χ1n) is 8.52. The van der Waals surface area contributed by atoms with Gasteiger partial charge in [-0.3, -0.25) is 9.48 Å². The molecule has 0 bridgehead atoms. The summed E-state index contributed by atoms with van der Waals surface area (Å²) in [5.41, 5.74) is 0.673. The average Bonchev–Trinajstić information content (AvgIpc) is 3.11. The number of rotatable bonds is 7. The van der Waals surface area contributed by atoms with Crippen LogP contribution >= 0.6 is 0 Å². The van der Waals surface area contributed by atoms with Gasteiger partial charge in [-0.05, 0) is 44.0 Å². The van der Waals surface area contributed by atoms with Crippen LogP contribution in [0.4, 0.5) is 5.69 Å². The standard InChI is InChI=1S/C18H23N3O4/c1-2-24-16-3-5-17(6-4-16)25-13-18(22)20-14-11-19-21(12-14)15-7-9-23-10-8-15/h3-6,11-12,15H,2,7-10,13H2,1H3,(H,20,22). The average molecular weight is 345 g/mol. The van der Waals surface area contributed by atoms with Gasteiger partial charge in [-0.15, -0.1) is 0 Å². The van der Waals surface area contributed by atoms with E-state index in [2.05, 4.69) is 10.4 Å². The minimum absolute atomic E-state index is 0.0591. The lowest BCUT2D eigenvalue weighted by atomic mass is 10.1. The van der Waals surface area contributed by atoms with Crippen LogP contribution < -0.4 is 14.8 Å². The Kier molecular flexibility index (Phi) is 5.90. The number of ether oxygens (including phenoxy) is 3. The number of carbonyl (C=O) groups is 1. The molecule has 0 spiro atoms. The molecule has 3 rings (SSSR count). The summed E-state index contributed by atoms with van der Waals surface area (Å²) in [7, 11) is 0. The van der Waals surface area contributed by atoms with Crippen molar-refractivity contribution in [2.45, 2.75) is 25.8 Å². The minimum atomic E-state index is -0.222. The summed E-state index contributed by atoms with van der Waals surface area (Å²) in [6.45, 7) is 3.99. The maximum Gasteiger partial charge on any atom is 0.262 e. The van der Waals surface area contributed by atoms with Crippen LogP contribution in [-0.4, -0.2) is 42.1 Å². The van der Waals surface area contributed by atoms with E-state index in [9.17, 15) is 4.79 Å². The molecule has 1 aromatic carbocycles. The largest absolute Gasteiger partial charge is 0.494 e. The van der Waals surface area contributed by atoms with E-state index < -0.39 is 0 Å². The number of aromatic nitrogens is 2. The van der Waals surface area contributed by atoms with Gasteiger partial charge in [0.2, 0.25) is 0 Å². The number of anilines is 1. The zero-order valence-corrected chi connectivity index (χ0v) is 14.3. The van der Waals surface area contributed by atoms with Gasteiger partial charge in [0.1, 0.15) is 11.5 Å². The molecule has 7 nitrogen and oxygen atoms in total. The zero-order chi connectivity index (χ0) is 17.5. The van der Waals surface area contributed by atoms with E-state index in [1.165, 1.54) is 0 Å². The van der Waals surface area contributed by atoms with Crippen LogP contribution in [0, 0.1) is 0 Å². The second-order valence-electron chi connectivity index (χ2n) is 5.79. The van der Waals surface area contributed by atoms with Crippen LogP contribution in [0.15, 0.2) is 36.7 Å². The predicted octanol–water partition coefficient (Wildman–Crippen LogP) is 2.65. The van der Waals surface area contributed by atoms with E-state index in [1.54, 1.807) is 18.3 Å². The molecule has 134 valence electrons. The topological polar surface area (TPSA) is 74.6 Å². The monoisotopic (exact) mass is 345 g/mol. The fraction of sp³-hybridized carbons (Fsp3) is 0.444. The maximum absolute atomic E-state index is 12.0. The van der Waals surface area contributed by atoms with Crippen molar-refractivity contribution in [2.24, 2.45) is 0 Å². The molecule has 0 saturated carbocycles. The molecule has 0 atom stereocenters. The van der Waals surface area contributed by atoms with E-state index in [0.29, 0.717) is 24.1 Å². The van der Waals surface area contributed by atoms with Gasteiger partial charge in [0.05, 0.1) is 24.5 Å². The Morgan fingerprint density at radius 3 is 2.60 bits per heavy atom. The van der Waals surface area contributed by atoms with Crippen LogP contribution in [0.5, 0.6) is 11.5 Å². The number of amides is 1. The normalized spacial score (nSPS) is 14.9. The van der Waals surface area contributed by atoms with Gasteiger partial charge in [0.25, 0.3) is 5.91 Å². The molecule has 7 heteroatoms. The molecule has 1 fully saturated rings. The summed E-state index contributed by atoms with van der Waals surface area (Å²) in [6, 6.07) is 7.52. The van der Waals surface area contributed by atoms with Gasteiger partial charge >= 0.3 is 0 Å². The first kappa shape index (κ1) is 17.3. The third-order valence-corrected chi connectivity index (χ3v) is 3.95. The maximum atomic E-state index is 12.0. The fourth-order valence-electron chi connectivity index (χ4n) is 2.70. The van der Waals surface area contributed by atoms with Gasteiger partial charge in [-0.25, -0.2) is 0 Å². The first-order valence-corrected chi connectivity index (χ1v) is 8.52. The molecule has 0 unspecified atom stereocenters. The molecule has 1 aliphatic rings. The molecule has 1 saturated heterocycles. The molecule has 25 heavy (non-hydrogen) atoms. The quantitative estimate of drug-likeness (QED) is 0.835. The van der Waals surface area contributed by atoms with Crippen molar-refractivity contribution in [2.75, 3.05) is 31.7 Å². The molecule has 2 heterocycles. The Hall–Kier alpha value is -2.54. The SMILES string of the molecule is CCOc1ccc(OCC(=O)Nc2cnn(C3CCOCC3)c2)cc1. The lowest BCUT2D eigenvalue weighted by Gasteiger charge is -2.22. The fourth-order valence-corrected chi connectivity index (χ4v) is 2.70. The predicted molar refractivity (Wildman–Crippen MR) is 93.1 cm³/mol.